The quantitative estimate of drug-likeness (QED) is 0.555. The van der Waals surface area contributed by atoms with Crippen molar-refractivity contribution in [3.8, 4) is 0 Å². The SMILES string of the molecule is CCCC(OCC)SCC. The Balaban J connectivity index is 3.30. The minimum Gasteiger partial charge on any atom is -0.368 e. The summed E-state index contributed by atoms with van der Waals surface area (Å²) < 4.78 is 5.49. The molecule has 1 atom stereocenters. The Labute approximate surface area is 68.5 Å². The molecule has 0 aromatic heterocycles. The van der Waals surface area contributed by atoms with Crippen molar-refractivity contribution in [2.24, 2.45) is 0 Å². The zero-order chi connectivity index (χ0) is 7.82. The zero-order valence-electron chi connectivity index (χ0n) is 7.22. The van der Waals surface area contributed by atoms with Crippen LogP contribution in [0.4, 0.5) is 0 Å². The molecule has 0 amide bonds. The standard InChI is InChI=1S/C8H18OS/c1-4-7-8(9-5-2)10-6-3/h8H,4-7H2,1-3H3. The van der Waals surface area contributed by atoms with E-state index in [1.807, 2.05) is 11.8 Å². The molecular weight excluding hydrogens is 144 g/mol. The third-order valence-electron chi connectivity index (χ3n) is 1.23. The normalized spacial score (nSPS) is 13.5. The summed E-state index contributed by atoms with van der Waals surface area (Å²) in [5.74, 6) is 1.16. The van der Waals surface area contributed by atoms with Crippen LogP contribution in [0.1, 0.15) is 33.6 Å². The van der Waals surface area contributed by atoms with E-state index in [4.69, 9.17) is 4.74 Å². The molecule has 0 heterocycles. The van der Waals surface area contributed by atoms with Crippen LogP contribution in [0, 0.1) is 0 Å². The lowest BCUT2D eigenvalue weighted by molar-refractivity contribution is 0.118. The summed E-state index contributed by atoms with van der Waals surface area (Å²) >= 11 is 1.90. The van der Waals surface area contributed by atoms with Gasteiger partial charge in [0.1, 0.15) is 5.44 Å². The second kappa shape index (κ2) is 7.42. The zero-order valence-corrected chi connectivity index (χ0v) is 8.04. The van der Waals surface area contributed by atoms with Crippen LogP contribution >= 0.6 is 11.8 Å². The molecule has 0 radical (unpaired) electrons. The highest BCUT2D eigenvalue weighted by molar-refractivity contribution is 7.99. The van der Waals surface area contributed by atoms with Crippen molar-refractivity contribution in [2.45, 2.75) is 39.0 Å². The van der Waals surface area contributed by atoms with Crippen molar-refractivity contribution in [1.82, 2.24) is 0 Å². The van der Waals surface area contributed by atoms with Gasteiger partial charge in [0.2, 0.25) is 0 Å². The smallest absolute Gasteiger partial charge is 0.103 e. The molecule has 0 aliphatic heterocycles. The average molecular weight is 162 g/mol. The van der Waals surface area contributed by atoms with E-state index >= 15 is 0 Å². The van der Waals surface area contributed by atoms with Gasteiger partial charge >= 0.3 is 0 Å². The number of hydrogen-bond donors (Lipinski definition) is 0. The van der Waals surface area contributed by atoms with Gasteiger partial charge in [-0.1, -0.05) is 20.3 Å². The van der Waals surface area contributed by atoms with Crippen LogP contribution < -0.4 is 0 Å². The van der Waals surface area contributed by atoms with Crippen molar-refractivity contribution in [3.05, 3.63) is 0 Å². The summed E-state index contributed by atoms with van der Waals surface area (Å²) in [5.41, 5.74) is 0.444. The molecule has 0 aliphatic rings. The summed E-state index contributed by atoms with van der Waals surface area (Å²) in [4.78, 5) is 0. The maximum absolute atomic E-state index is 5.49. The number of rotatable bonds is 6. The molecule has 0 saturated heterocycles. The molecule has 0 spiro atoms. The van der Waals surface area contributed by atoms with E-state index in [1.54, 1.807) is 0 Å². The molecule has 0 bridgehead atoms. The van der Waals surface area contributed by atoms with Crippen LogP contribution in [0.25, 0.3) is 0 Å². The third-order valence-corrected chi connectivity index (χ3v) is 2.31. The molecule has 10 heavy (non-hydrogen) atoms. The number of hydrogen-bond acceptors (Lipinski definition) is 2. The predicted octanol–water partition coefficient (Wildman–Crippen LogP) is 2.90. The lowest BCUT2D eigenvalue weighted by Crippen LogP contribution is -2.07. The van der Waals surface area contributed by atoms with Crippen molar-refractivity contribution >= 4 is 11.8 Å². The van der Waals surface area contributed by atoms with Gasteiger partial charge in [-0.05, 0) is 19.1 Å². The second-order valence-corrected chi connectivity index (χ2v) is 3.57. The molecule has 0 N–H and O–H groups in total. The van der Waals surface area contributed by atoms with Crippen molar-refractivity contribution in [3.63, 3.8) is 0 Å². The van der Waals surface area contributed by atoms with Gasteiger partial charge in [0.15, 0.2) is 0 Å². The molecule has 0 rings (SSSR count). The van der Waals surface area contributed by atoms with E-state index in [2.05, 4.69) is 20.8 Å². The summed E-state index contributed by atoms with van der Waals surface area (Å²) in [5, 5.41) is 0. The van der Waals surface area contributed by atoms with Gasteiger partial charge in [0.05, 0.1) is 0 Å². The highest BCUT2D eigenvalue weighted by atomic mass is 32.2. The van der Waals surface area contributed by atoms with E-state index in [1.165, 1.54) is 12.8 Å². The first-order valence-corrected chi connectivity index (χ1v) is 5.13. The first-order chi connectivity index (χ1) is 4.85. The van der Waals surface area contributed by atoms with Crippen LogP contribution in [0.15, 0.2) is 0 Å². The Morgan fingerprint density at radius 3 is 2.40 bits per heavy atom. The Morgan fingerprint density at radius 2 is 2.00 bits per heavy atom. The van der Waals surface area contributed by atoms with E-state index in [-0.39, 0.29) is 0 Å². The predicted molar refractivity (Wildman–Crippen MR) is 48.5 cm³/mol. The summed E-state index contributed by atoms with van der Waals surface area (Å²) in [7, 11) is 0. The second-order valence-electron chi connectivity index (χ2n) is 2.13. The maximum atomic E-state index is 5.49. The molecule has 0 aromatic rings. The lowest BCUT2D eigenvalue weighted by atomic mass is 10.4. The topological polar surface area (TPSA) is 9.23 Å². The van der Waals surface area contributed by atoms with E-state index in [0.29, 0.717) is 5.44 Å². The van der Waals surface area contributed by atoms with Crippen LogP contribution in [-0.2, 0) is 4.74 Å². The summed E-state index contributed by atoms with van der Waals surface area (Å²) in [6.45, 7) is 7.27. The van der Waals surface area contributed by atoms with Crippen molar-refractivity contribution in [2.75, 3.05) is 12.4 Å². The lowest BCUT2D eigenvalue weighted by Gasteiger charge is -2.13. The Kier molecular flexibility index (Phi) is 7.65. The van der Waals surface area contributed by atoms with Crippen LogP contribution in [0.2, 0.25) is 0 Å². The minimum atomic E-state index is 0.444. The summed E-state index contributed by atoms with van der Waals surface area (Å²) in [6.07, 6.45) is 2.41. The molecule has 62 valence electrons. The molecule has 0 aromatic carbocycles. The third kappa shape index (κ3) is 5.12. The molecule has 2 heteroatoms. The van der Waals surface area contributed by atoms with E-state index in [9.17, 15) is 0 Å². The van der Waals surface area contributed by atoms with Crippen LogP contribution in [-0.4, -0.2) is 17.8 Å². The Bertz CT molecular complexity index is 52.0. The Morgan fingerprint density at radius 1 is 1.30 bits per heavy atom. The first kappa shape index (κ1) is 10.3. The van der Waals surface area contributed by atoms with Crippen molar-refractivity contribution in [1.29, 1.82) is 0 Å². The molecule has 0 fully saturated rings. The highest BCUT2D eigenvalue weighted by Gasteiger charge is 2.04. The monoisotopic (exact) mass is 162 g/mol. The molecule has 0 aliphatic carbocycles. The Hall–Kier alpha value is 0.310. The summed E-state index contributed by atoms with van der Waals surface area (Å²) in [6, 6.07) is 0. The van der Waals surface area contributed by atoms with Gasteiger partial charge < -0.3 is 4.74 Å². The largest absolute Gasteiger partial charge is 0.368 e. The molecule has 1 nitrogen and oxygen atoms in total. The first-order valence-electron chi connectivity index (χ1n) is 4.08. The fourth-order valence-electron chi connectivity index (χ4n) is 0.822. The van der Waals surface area contributed by atoms with E-state index in [0.717, 1.165) is 12.4 Å². The maximum Gasteiger partial charge on any atom is 0.103 e. The van der Waals surface area contributed by atoms with Gasteiger partial charge in [0, 0.05) is 6.61 Å². The molecule has 0 saturated carbocycles. The van der Waals surface area contributed by atoms with Crippen molar-refractivity contribution < 1.29 is 4.74 Å². The van der Waals surface area contributed by atoms with Crippen LogP contribution in [0.3, 0.4) is 0 Å². The fraction of sp³-hybridized carbons (Fsp3) is 1.00. The van der Waals surface area contributed by atoms with Gasteiger partial charge in [-0.25, -0.2) is 0 Å². The van der Waals surface area contributed by atoms with Gasteiger partial charge in [-0.15, -0.1) is 11.8 Å². The number of ether oxygens (including phenoxy) is 1. The fourth-order valence-corrected chi connectivity index (χ4v) is 1.83. The highest BCUT2D eigenvalue weighted by Crippen LogP contribution is 2.16. The molecule has 1 unspecified atom stereocenters. The van der Waals surface area contributed by atoms with Gasteiger partial charge in [0.25, 0.3) is 0 Å². The average Bonchev–Trinajstić information content (AvgIpc) is 1.90. The number of thioether (sulfide) groups is 1. The molecular formula is C8H18OS. The van der Waals surface area contributed by atoms with E-state index < -0.39 is 0 Å². The van der Waals surface area contributed by atoms with Gasteiger partial charge in [-0.2, -0.15) is 0 Å². The van der Waals surface area contributed by atoms with Crippen LogP contribution in [0.5, 0.6) is 0 Å². The van der Waals surface area contributed by atoms with Gasteiger partial charge in [-0.3, -0.25) is 0 Å². The minimum absolute atomic E-state index is 0.444.